The monoisotopic (exact) mass is 265 g/mol. The van der Waals surface area contributed by atoms with Crippen LogP contribution >= 0.6 is 0 Å². The van der Waals surface area contributed by atoms with Crippen molar-refractivity contribution >= 4 is 5.91 Å². The third-order valence-corrected chi connectivity index (χ3v) is 3.55. The number of piperazine rings is 1. The molecule has 7 heteroatoms. The summed E-state index contributed by atoms with van der Waals surface area (Å²) in [5, 5.41) is 5.47. The van der Waals surface area contributed by atoms with Crippen LogP contribution in [0.5, 0.6) is 0 Å². The zero-order valence-corrected chi connectivity index (χ0v) is 10.1. The number of amides is 1. The summed E-state index contributed by atoms with van der Waals surface area (Å²) < 4.78 is 38.6. The van der Waals surface area contributed by atoms with Crippen molar-refractivity contribution in [2.24, 2.45) is 5.92 Å². The Balaban J connectivity index is 1.98. The fourth-order valence-corrected chi connectivity index (χ4v) is 2.62. The average molecular weight is 265 g/mol. The Hall–Kier alpha value is -0.820. The van der Waals surface area contributed by atoms with Crippen LogP contribution in [0.15, 0.2) is 0 Å². The molecule has 0 bridgehead atoms. The minimum Gasteiger partial charge on any atom is -0.353 e. The maximum Gasteiger partial charge on any atom is 0.405 e. The fourth-order valence-electron chi connectivity index (χ4n) is 2.62. The van der Waals surface area contributed by atoms with E-state index in [1.54, 1.807) is 0 Å². The highest BCUT2D eigenvalue weighted by atomic mass is 19.4. The van der Waals surface area contributed by atoms with Crippen molar-refractivity contribution in [3.63, 3.8) is 0 Å². The molecule has 2 unspecified atom stereocenters. The second-order valence-electron chi connectivity index (χ2n) is 5.00. The molecule has 2 aliphatic rings. The smallest absolute Gasteiger partial charge is 0.353 e. The molecule has 2 atom stereocenters. The third-order valence-electron chi connectivity index (χ3n) is 3.55. The van der Waals surface area contributed by atoms with Gasteiger partial charge in [0.05, 0.1) is 6.54 Å². The molecule has 2 N–H and O–H groups in total. The SMILES string of the molecule is O=C1CN(CC2CCCNC2)C(C(F)(F)F)CN1. The molecule has 2 fully saturated rings. The van der Waals surface area contributed by atoms with Crippen molar-refractivity contribution in [3.05, 3.63) is 0 Å². The number of carbonyl (C=O) groups excluding carboxylic acids is 1. The van der Waals surface area contributed by atoms with E-state index in [2.05, 4.69) is 10.6 Å². The molecule has 2 saturated heterocycles. The molecule has 104 valence electrons. The van der Waals surface area contributed by atoms with Crippen LogP contribution in [0.1, 0.15) is 12.8 Å². The highest BCUT2D eigenvalue weighted by molar-refractivity contribution is 5.78. The van der Waals surface area contributed by atoms with Crippen LogP contribution in [0, 0.1) is 5.92 Å². The summed E-state index contributed by atoms with van der Waals surface area (Å²) in [6.07, 6.45) is -2.37. The van der Waals surface area contributed by atoms with E-state index < -0.39 is 12.2 Å². The Labute approximate surface area is 104 Å². The Morgan fingerprint density at radius 1 is 1.33 bits per heavy atom. The Morgan fingerprint density at radius 2 is 2.11 bits per heavy atom. The molecule has 0 aromatic heterocycles. The van der Waals surface area contributed by atoms with E-state index >= 15 is 0 Å². The number of piperidine rings is 1. The first-order chi connectivity index (χ1) is 8.47. The minimum absolute atomic E-state index is 0.152. The van der Waals surface area contributed by atoms with Gasteiger partial charge in [-0.15, -0.1) is 0 Å². The molecule has 0 aromatic carbocycles. The molecule has 2 aliphatic heterocycles. The van der Waals surface area contributed by atoms with Gasteiger partial charge in [-0.1, -0.05) is 0 Å². The number of carbonyl (C=O) groups is 1. The van der Waals surface area contributed by atoms with E-state index in [0.29, 0.717) is 6.54 Å². The van der Waals surface area contributed by atoms with Gasteiger partial charge in [-0.3, -0.25) is 9.69 Å². The molecule has 4 nitrogen and oxygen atoms in total. The molecule has 0 saturated carbocycles. The van der Waals surface area contributed by atoms with Crippen LogP contribution in [-0.2, 0) is 4.79 Å². The first-order valence-electron chi connectivity index (χ1n) is 6.25. The maximum atomic E-state index is 12.9. The van der Waals surface area contributed by atoms with Gasteiger partial charge in [-0.25, -0.2) is 0 Å². The molecule has 0 spiro atoms. The van der Waals surface area contributed by atoms with Gasteiger partial charge < -0.3 is 10.6 Å². The van der Waals surface area contributed by atoms with Crippen molar-refractivity contribution in [2.75, 3.05) is 32.7 Å². The number of alkyl halides is 3. The number of nitrogens with zero attached hydrogens (tertiary/aromatic N) is 1. The normalized spacial score (nSPS) is 31.2. The predicted octanol–water partition coefficient (Wildman–Crippen LogP) is 0.349. The lowest BCUT2D eigenvalue weighted by Gasteiger charge is -2.39. The van der Waals surface area contributed by atoms with Crippen LogP contribution in [0.25, 0.3) is 0 Å². The summed E-state index contributed by atoms with van der Waals surface area (Å²) in [6.45, 7) is 1.52. The van der Waals surface area contributed by atoms with Gasteiger partial charge in [0.1, 0.15) is 6.04 Å². The standard InChI is InChI=1S/C11H18F3N3O/c12-11(13,14)9-5-16-10(18)7-17(9)6-8-2-1-3-15-4-8/h8-9,15H,1-7H2,(H,16,18). The van der Waals surface area contributed by atoms with Crippen LogP contribution in [-0.4, -0.2) is 55.7 Å². The van der Waals surface area contributed by atoms with E-state index in [1.165, 1.54) is 4.90 Å². The maximum absolute atomic E-state index is 12.9. The Bertz CT molecular complexity index is 302. The minimum atomic E-state index is -4.28. The van der Waals surface area contributed by atoms with E-state index in [1.807, 2.05) is 0 Å². The molecule has 0 aromatic rings. The predicted molar refractivity (Wildman–Crippen MR) is 60.0 cm³/mol. The second kappa shape index (κ2) is 5.44. The molecule has 2 rings (SSSR count). The van der Waals surface area contributed by atoms with Crippen LogP contribution in [0.2, 0.25) is 0 Å². The summed E-state index contributed by atoms with van der Waals surface area (Å²) >= 11 is 0. The summed E-state index contributed by atoms with van der Waals surface area (Å²) in [4.78, 5) is 12.5. The quantitative estimate of drug-likeness (QED) is 0.757. The highest BCUT2D eigenvalue weighted by Gasteiger charge is 2.46. The number of rotatable bonds is 2. The number of nitrogens with one attached hydrogen (secondary N) is 2. The molecular weight excluding hydrogens is 247 g/mol. The van der Waals surface area contributed by atoms with E-state index in [9.17, 15) is 18.0 Å². The molecule has 0 radical (unpaired) electrons. The van der Waals surface area contributed by atoms with Gasteiger partial charge in [-0.2, -0.15) is 13.2 Å². The van der Waals surface area contributed by atoms with Gasteiger partial charge in [0.25, 0.3) is 0 Å². The van der Waals surface area contributed by atoms with Crippen LogP contribution < -0.4 is 10.6 Å². The Kier molecular flexibility index (Phi) is 4.11. The Morgan fingerprint density at radius 3 is 2.72 bits per heavy atom. The van der Waals surface area contributed by atoms with Crippen LogP contribution in [0.4, 0.5) is 13.2 Å². The van der Waals surface area contributed by atoms with Gasteiger partial charge >= 0.3 is 6.18 Å². The van der Waals surface area contributed by atoms with Crippen molar-refractivity contribution in [1.82, 2.24) is 15.5 Å². The lowest BCUT2D eigenvalue weighted by Crippen LogP contribution is -2.61. The van der Waals surface area contributed by atoms with Gasteiger partial charge in [0.15, 0.2) is 0 Å². The largest absolute Gasteiger partial charge is 0.405 e. The van der Waals surface area contributed by atoms with Gasteiger partial charge in [-0.05, 0) is 31.8 Å². The van der Waals surface area contributed by atoms with Crippen molar-refractivity contribution < 1.29 is 18.0 Å². The molecule has 0 aliphatic carbocycles. The molecule has 1 amide bonds. The van der Waals surface area contributed by atoms with Crippen molar-refractivity contribution in [2.45, 2.75) is 25.1 Å². The van der Waals surface area contributed by atoms with Gasteiger partial charge in [0.2, 0.25) is 5.91 Å². The number of hydrogen-bond donors (Lipinski definition) is 2. The van der Waals surface area contributed by atoms with Crippen molar-refractivity contribution in [3.8, 4) is 0 Å². The molecule has 2 heterocycles. The molecule has 18 heavy (non-hydrogen) atoms. The molecular formula is C11H18F3N3O. The first kappa shape index (κ1) is 13.6. The summed E-state index contributed by atoms with van der Waals surface area (Å²) in [7, 11) is 0. The van der Waals surface area contributed by atoms with Crippen molar-refractivity contribution in [1.29, 1.82) is 0 Å². The first-order valence-corrected chi connectivity index (χ1v) is 6.25. The van der Waals surface area contributed by atoms with E-state index in [-0.39, 0.29) is 24.9 Å². The third kappa shape index (κ3) is 3.35. The zero-order chi connectivity index (χ0) is 13.2. The highest BCUT2D eigenvalue weighted by Crippen LogP contribution is 2.27. The lowest BCUT2D eigenvalue weighted by atomic mass is 9.97. The fraction of sp³-hybridized carbons (Fsp3) is 0.909. The second-order valence-corrected chi connectivity index (χ2v) is 5.00. The summed E-state index contributed by atoms with van der Waals surface area (Å²) in [5.74, 6) is -0.117. The van der Waals surface area contributed by atoms with E-state index in [0.717, 1.165) is 25.9 Å². The summed E-state index contributed by atoms with van der Waals surface area (Å²) in [5.41, 5.74) is 0. The number of hydrogen-bond acceptors (Lipinski definition) is 3. The number of halogens is 3. The topological polar surface area (TPSA) is 44.4 Å². The van der Waals surface area contributed by atoms with Gasteiger partial charge in [0, 0.05) is 13.1 Å². The average Bonchev–Trinajstić information content (AvgIpc) is 2.28. The lowest BCUT2D eigenvalue weighted by molar-refractivity contribution is -0.190. The van der Waals surface area contributed by atoms with E-state index in [4.69, 9.17) is 0 Å². The van der Waals surface area contributed by atoms with Crippen LogP contribution in [0.3, 0.4) is 0 Å². The zero-order valence-electron chi connectivity index (χ0n) is 10.1. The summed E-state index contributed by atoms with van der Waals surface area (Å²) in [6, 6.07) is -1.54.